The number of benzene rings is 1. The van der Waals surface area contributed by atoms with Gasteiger partial charge >= 0.3 is 0 Å². The standard InChI is InChI=1S/C20H27FN4OS/c1-20(2,3)18(26)25(17-7-5-15(21)6-8-17)13-16-14-27-19(22-16)24-11-9-23(4)10-12-24/h5-8,14H,9-13H2,1-4H3. The van der Waals surface area contributed by atoms with Crippen LogP contribution in [0.4, 0.5) is 15.2 Å². The highest BCUT2D eigenvalue weighted by Gasteiger charge is 2.29. The Labute approximate surface area is 164 Å². The molecule has 1 amide bonds. The fourth-order valence-corrected chi connectivity index (χ4v) is 3.85. The number of carbonyl (C=O) groups excluding carboxylic acids is 1. The maximum absolute atomic E-state index is 13.3. The van der Waals surface area contributed by atoms with E-state index in [9.17, 15) is 9.18 Å². The molecule has 0 unspecified atom stereocenters. The Balaban J connectivity index is 1.80. The molecule has 1 saturated heterocycles. The summed E-state index contributed by atoms with van der Waals surface area (Å²) in [5.74, 6) is -0.323. The molecule has 27 heavy (non-hydrogen) atoms. The number of amides is 1. The summed E-state index contributed by atoms with van der Waals surface area (Å²) in [7, 11) is 2.13. The monoisotopic (exact) mass is 390 g/mol. The average molecular weight is 391 g/mol. The molecule has 0 saturated carbocycles. The van der Waals surface area contributed by atoms with Gasteiger partial charge in [0.1, 0.15) is 5.82 Å². The number of hydrogen-bond donors (Lipinski definition) is 0. The Morgan fingerprint density at radius 3 is 2.41 bits per heavy atom. The summed E-state index contributed by atoms with van der Waals surface area (Å²) in [5.41, 5.74) is 1.01. The Morgan fingerprint density at radius 2 is 1.81 bits per heavy atom. The number of aromatic nitrogens is 1. The molecule has 0 spiro atoms. The third kappa shape index (κ3) is 4.84. The predicted molar refractivity (Wildman–Crippen MR) is 109 cm³/mol. The summed E-state index contributed by atoms with van der Waals surface area (Å²) in [4.78, 5) is 24.1. The maximum atomic E-state index is 13.3. The number of nitrogens with zero attached hydrogens (tertiary/aromatic N) is 4. The molecule has 0 bridgehead atoms. The molecule has 1 aromatic carbocycles. The largest absolute Gasteiger partial charge is 0.346 e. The van der Waals surface area contributed by atoms with Crippen LogP contribution in [0.15, 0.2) is 29.6 Å². The lowest BCUT2D eigenvalue weighted by Gasteiger charge is -2.32. The van der Waals surface area contributed by atoms with E-state index < -0.39 is 5.41 Å². The van der Waals surface area contributed by atoms with Crippen LogP contribution in [0.25, 0.3) is 0 Å². The molecular weight excluding hydrogens is 363 g/mol. The molecule has 1 aliphatic rings. The van der Waals surface area contributed by atoms with Crippen molar-refractivity contribution < 1.29 is 9.18 Å². The number of likely N-dealkylation sites (N-methyl/N-ethyl adjacent to an activating group) is 1. The third-order valence-corrected chi connectivity index (χ3v) is 5.61. The molecular formula is C20H27FN4OS. The van der Waals surface area contributed by atoms with Gasteiger partial charge in [-0.1, -0.05) is 20.8 Å². The van der Waals surface area contributed by atoms with E-state index in [-0.39, 0.29) is 11.7 Å². The number of piperazine rings is 1. The van der Waals surface area contributed by atoms with E-state index in [4.69, 9.17) is 4.98 Å². The molecule has 1 aliphatic heterocycles. The van der Waals surface area contributed by atoms with Gasteiger partial charge in [-0.15, -0.1) is 11.3 Å². The second-order valence-corrected chi connectivity index (χ2v) is 8.87. The first kappa shape index (κ1) is 19.8. The highest BCUT2D eigenvalue weighted by molar-refractivity contribution is 7.13. The molecule has 2 heterocycles. The van der Waals surface area contributed by atoms with Crippen molar-refractivity contribution in [3.05, 3.63) is 41.2 Å². The molecule has 7 heteroatoms. The Morgan fingerprint density at radius 1 is 1.19 bits per heavy atom. The zero-order valence-corrected chi connectivity index (χ0v) is 17.2. The lowest BCUT2D eigenvalue weighted by Crippen LogP contribution is -2.44. The fraction of sp³-hybridized carbons (Fsp3) is 0.500. The van der Waals surface area contributed by atoms with Gasteiger partial charge < -0.3 is 14.7 Å². The van der Waals surface area contributed by atoms with Crippen LogP contribution in [0, 0.1) is 11.2 Å². The van der Waals surface area contributed by atoms with Gasteiger partial charge in [-0.2, -0.15) is 0 Å². The Bertz CT molecular complexity index is 776. The topological polar surface area (TPSA) is 39.7 Å². The van der Waals surface area contributed by atoms with E-state index in [1.165, 1.54) is 12.1 Å². The van der Waals surface area contributed by atoms with E-state index >= 15 is 0 Å². The van der Waals surface area contributed by atoms with Crippen LogP contribution in [-0.4, -0.2) is 49.0 Å². The Hall–Kier alpha value is -1.99. The number of carbonyl (C=O) groups is 1. The molecule has 1 aromatic heterocycles. The van der Waals surface area contributed by atoms with Crippen molar-refractivity contribution in [2.45, 2.75) is 27.3 Å². The highest BCUT2D eigenvalue weighted by atomic mass is 32.1. The van der Waals surface area contributed by atoms with Crippen LogP contribution in [0.2, 0.25) is 0 Å². The first-order valence-electron chi connectivity index (χ1n) is 9.19. The number of hydrogen-bond acceptors (Lipinski definition) is 5. The quantitative estimate of drug-likeness (QED) is 0.800. The fourth-order valence-electron chi connectivity index (χ4n) is 2.98. The molecule has 0 atom stereocenters. The minimum absolute atomic E-state index is 0.0109. The summed E-state index contributed by atoms with van der Waals surface area (Å²) < 4.78 is 13.3. The lowest BCUT2D eigenvalue weighted by molar-refractivity contribution is -0.125. The van der Waals surface area contributed by atoms with Crippen molar-refractivity contribution in [2.24, 2.45) is 5.41 Å². The van der Waals surface area contributed by atoms with Crippen molar-refractivity contribution >= 4 is 28.1 Å². The van der Waals surface area contributed by atoms with Crippen LogP contribution in [0.3, 0.4) is 0 Å². The zero-order valence-electron chi connectivity index (χ0n) is 16.4. The normalized spacial score (nSPS) is 15.8. The molecule has 3 rings (SSSR count). The lowest BCUT2D eigenvalue weighted by atomic mass is 9.94. The van der Waals surface area contributed by atoms with Gasteiger partial charge in [0.2, 0.25) is 5.91 Å². The van der Waals surface area contributed by atoms with E-state index in [0.29, 0.717) is 12.2 Å². The van der Waals surface area contributed by atoms with Crippen LogP contribution in [-0.2, 0) is 11.3 Å². The van der Waals surface area contributed by atoms with Gasteiger partial charge in [0, 0.05) is 42.7 Å². The number of halogens is 1. The van der Waals surface area contributed by atoms with E-state index in [0.717, 1.165) is 37.0 Å². The SMILES string of the molecule is CN1CCN(c2nc(CN(C(=O)C(C)(C)C)c3ccc(F)cc3)cs2)CC1. The van der Waals surface area contributed by atoms with Crippen molar-refractivity contribution in [3.8, 4) is 0 Å². The minimum atomic E-state index is -0.537. The van der Waals surface area contributed by atoms with E-state index in [1.807, 2.05) is 26.2 Å². The number of thiazole rings is 1. The van der Waals surface area contributed by atoms with Crippen molar-refractivity contribution in [1.82, 2.24) is 9.88 Å². The molecule has 0 radical (unpaired) electrons. The van der Waals surface area contributed by atoms with E-state index in [2.05, 4.69) is 16.8 Å². The summed E-state index contributed by atoms with van der Waals surface area (Å²) in [5, 5.41) is 3.01. The number of anilines is 2. The van der Waals surface area contributed by atoms with Crippen molar-refractivity contribution in [2.75, 3.05) is 43.0 Å². The maximum Gasteiger partial charge on any atom is 0.232 e. The van der Waals surface area contributed by atoms with Crippen LogP contribution < -0.4 is 9.80 Å². The van der Waals surface area contributed by atoms with Crippen LogP contribution in [0.1, 0.15) is 26.5 Å². The van der Waals surface area contributed by atoms with Gasteiger partial charge in [0.25, 0.3) is 0 Å². The van der Waals surface area contributed by atoms with Gasteiger partial charge in [-0.05, 0) is 31.3 Å². The number of rotatable bonds is 4. The van der Waals surface area contributed by atoms with Gasteiger partial charge in [-0.25, -0.2) is 9.37 Å². The molecule has 146 valence electrons. The van der Waals surface area contributed by atoms with Gasteiger partial charge in [0.05, 0.1) is 12.2 Å². The van der Waals surface area contributed by atoms with Gasteiger partial charge in [-0.3, -0.25) is 4.79 Å². The zero-order chi connectivity index (χ0) is 19.6. The van der Waals surface area contributed by atoms with Crippen LogP contribution in [0.5, 0.6) is 0 Å². The van der Waals surface area contributed by atoms with Crippen molar-refractivity contribution in [3.63, 3.8) is 0 Å². The molecule has 0 aliphatic carbocycles. The third-order valence-electron chi connectivity index (χ3n) is 4.66. The minimum Gasteiger partial charge on any atom is -0.346 e. The molecule has 1 fully saturated rings. The predicted octanol–water partition coefficient (Wildman–Crippen LogP) is 3.61. The Kier molecular flexibility index (Phi) is 5.81. The smallest absolute Gasteiger partial charge is 0.232 e. The summed E-state index contributed by atoms with van der Waals surface area (Å²) in [6, 6.07) is 6.06. The summed E-state index contributed by atoms with van der Waals surface area (Å²) >= 11 is 1.61. The summed E-state index contributed by atoms with van der Waals surface area (Å²) in [6.45, 7) is 10.0. The highest BCUT2D eigenvalue weighted by Crippen LogP contribution is 2.28. The first-order chi connectivity index (χ1) is 12.7. The first-order valence-corrected chi connectivity index (χ1v) is 10.1. The average Bonchev–Trinajstić information content (AvgIpc) is 3.08. The molecule has 0 N–H and O–H groups in total. The van der Waals surface area contributed by atoms with Gasteiger partial charge in [0.15, 0.2) is 5.13 Å². The van der Waals surface area contributed by atoms with E-state index in [1.54, 1.807) is 28.4 Å². The second-order valence-electron chi connectivity index (χ2n) is 8.03. The molecule has 2 aromatic rings. The van der Waals surface area contributed by atoms with Crippen LogP contribution >= 0.6 is 11.3 Å². The molecule has 5 nitrogen and oxygen atoms in total. The summed E-state index contributed by atoms with van der Waals surface area (Å²) in [6.07, 6.45) is 0. The second kappa shape index (κ2) is 7.94. The van der Waals surface area contributed by atoms with Crippen molar-refractivity contribution in [1.29, 1.82) is 0 Å².